The quantitative estimate of drug-likeness (QED) is 0.372. The molecule has 168 valence electrons. The second kappa shape index (κ2) is 9.99. The van der Waals surface area contributed by atoms with Crippen molar-refractivity contribution in [3.05, 3.63) is 53.6 Å². The highest BCUT2D eigenvalue weighted by Crippen LogP contribution is 2.32. The molecule has 0 saturated heterocycles. The van der Waals surface area contributed by atoms with Crippen molar-refractivity contribution < 1.29 is 14.4 Å². The molecule has 4 rings (SSSR count). The fraction of sp³-hybridized carbons (Fsp3) is 0.273. The molecule has 0 N–H and O–H groups in total. The van der Waals surface area contributed by atoms with Crippen LogP contribution in [-0.4, -0.2) is 72.5 Å². The predicted molar refractivity (Wildman–Crippen MR) is 131 cm³/mol. The molecule has 1 aliphatic rings. The number of fused-ring (bicyclic) bond motifs is 2. The van der Waals surface area contributed by atoms with Gasteiger partial charge in [-0.2, -0.15) is 0 Å². The summed E-state index contributed by atoms with van der Waals surface area (Å²) in [5.74, 6) is -1.20. The minimum Gasteiger partial charge on any atom is -0.308 e. The van der Waals surface area contributed by atoms with E-state index < -0.39 is 11.8 Å². The number of hydrogen-bond acceptors (Lipinski definition) is 7. The number of nitrogens with zero attached hydrogens (tertiary/aromatic N) is 4. The summed E-state index contributed by atoms with van der Waals surface area (Å²) in [6.07, 6.45) is 2.01. The van der Waals surface area contributed by atoms with Crippen molar-refractivity contribution in [2.75, 3.05) is 44.9 Å². The third-order valence-corrected chi connectivity index (χ3v) is 6.83. The van der Waals surface area contributed by atoms with E-state index in [0.717, 1.165) is 20.0 Å². The average Bonchev–Trinajstić information content (AvgIpc) is 3.28. The van der Waals surface area contributed by atoms with Gasteiger partial charge in [-0.1, -0.05) is 23.5 Å². The molecule has 3 aromatic rings. The van der Waals surface area contributed by atoms with E-state index in [1.807, 2.05) is 37.4 Å². The molecule has 0 atom stereocenters. The fourth-order valence-corrected chi connectivity index (χ4v) is 4.93. The van der Waals surface area contributed by atoms with E-state index in [1.165, 1.54) is 11.3 Å². The van der Waals surface area contributed by atoms with Crippen LogP contribution in [0.3, 0.4) is 0 Å². The Morgan fingerprint density at radius 3 is 2.31 bits per heavy atom. The lowest BCUT2D eigenvalue weighted by Gasteiger charge is -2.24. The monoisotopic (exact) mass is 490 g/mol. The van der Waals surface area contributed by atoms with E-state index in [2.05, 4.69) is 11.1 Å². The number of anilines is 1. The topological polar surface area (TPSA) is 73.8 Å². The highest BCUT2D eigenvalue weighted by molar-refractivity contribution is 7.98. The van der Waals surface area contributed by atoms with Gasteiger partial charge >= 0.3 is 0 Å². The van der Waals surface area contributed by atoms with Crippen molar-refractivity contribution in [1.29, 1.82) is 0 Å². The summed E-state index contributed by atoms with van der Waals surface area (Å²) >= 11 is 3.08. The lowest BCUT2D eigenvalue weighted by molar-refractivity contribution is -0.119. The number of halogens is 1. The molecule has 0 saturated carbocycles. The van der Waals surface area contributed by atoms with Gasteiger partial charge in [0.25, 0.3) is 11.8 Å². The third kappa shape index (κ3) is 4.66. The molecular weight excluding hydrogens is 468 g/mol. The van der Waals surface area contributed by atoms with Crippen LogP contribution in [0.1, 0.15) is 20.7 Å². The van der Waals surface area contributed by atoms with Gasteiger partial charge in [-0.05, 0) is 50.7 Å². The number of likely N-dealkylation sites (N-methyl/N-ethyl adjacent to an activating group) is 1. The van der Waals surface area contributed by atoms with Gasteiger partial charge < -0.3 is 4.90 Å². The number of benzene rings is 2. The Kier molecular flexibility index (Phi) is 7.55. The van der Waals surface area contributed by atoms with Crippen LogP contribution in [0.5, 0.6) is 0 Å². The third-order valence-electron chi connectivity index (χ3n) is 5.06. The number of hydrogen-bond donors (Lipinski definition) is 0. The Bertz CT molecular complexity index is 1150. The van der Waals surface area contributed by atoms with E-state index in [-0.39, 0.29) is 24.9 Å². The Hall–Kier alpha value is -2.46. The van der Waals surface area contributed by atoms with Gasteiger partial charge in [0.2, 0.25) is 5.91 Å². The first-order valence-electron chi connectivity index (χ1n) is 9.74. The van der Waals surface area contributed by atoms with E-state index in [1.54, 1.807) is 40.9 Å². The van der Waals surface area contributed by atoms with Crippen molar-refractivity contribution in [1.82, 2.24) is 14.8 Å². The van der Waals surface area contributed by atoms with Gasteiger partial charge in [0.15, 0.2) is 5.13 Å². The van der Waals surface area contributed by atoms with Gasteiger partial charge in [-0.25, -0.2) is 4.98 Å². The minimum atomic E-state index is -0.435. The second-order valence-corrected chi connectivity index (χ2v) is 9.31. The highest BCUT2D eigenvalue weighted by Gasteiger charge is 2.37. The first kappa shape index (κ1) is 24.2. The van der Waals surface area contributed by atoms with Crippen LogP contribution in [-0.2, 0) is 4.79 Å². The van der Waals surface area contributed by atoms with Crippen molar-refractivity contribution >= 4 is 68.6 Å². The molecule has 32 heavy (non-hydrogen) atoms. The number of rotatable bonds is 7. The Labute approximate surface area is 200 Å². The number of amides is 3. The molecule has 0 bridgehead atoms. The molecule has 3 amide bonds. The van der Waals surface area contributed by atoms with Crippen molar-refractivity contribution in [3.8, 4) is 0 Å². The van der Waals surface area contributed by atoms with Crippen LogP contribution >= 0.6 is 35.5 Å². The summed E-state index contributed by atoms with van der Waals surface area (Å²) in [6.45, 7) is 0.718. The van der Waals surface area contributed by atoms with Crippen LogP contribution in [0.25, 0.3) is 10.2 Å². The molecule has 1 aliphatic heterocycles. The first-order chi connectivity index (χ1) is 14.9. The summed E-state index contributed by atoms with van der Waals surface area (Å²) in [7, 11) is 3.85. The lowest BCUT2D eigenvalue weighted by atomic mass is 10.1. The van der Waals surface area contributed by atoms with Gasteiger partial charge in [-0.3, -0.25) is 24.2 Å². The number of carbonyl (C=O) groups is 3. The zero-order chi connectivity index (χ0) is 22.1. The molecule has 0 fully saturated rings. The molecule has 2 heterocycles. The second-order valence-electron chi connectivity index (χ2n) is 7.42. The summed E-state index contributed by atoms with van der Waals surface area (Å²) in [4.78, 5) is 49.0. The van der Waals surface area contributed by atoms with E-state index >= 15 is 0 Å². The van der Waals surface area contributed by atoms with Crippen molar-refractivity contribution in [2.45, 2.75) is 4.90 Å². The molecule has 0 aliphatic carbocycles. The Morgan fingerprint density at radius 1 is 1.06 bits per heavy atom. The summed E-state index contributed by atoms with van der Waals surface area (Å²) < 4.78 is 0.991. The molecule has 0 spiro atoms. The summed E-state index contributed by atoms with van der Waals surface area (Å²) in [6, 6.07) is 12.6. The Morgan fingerprint density at radius 2 is 1.72 bits per heavy atom. The molecule has 7 nitrogen and oxygen atoms in total. The van der Waals surface area contributed by atoms with Crippen molar-refractivity contribution in [3.63, 3.8) is 0 Å². The number of thioether (sulfide) groups is 1. The van der Waals surface area contributed by atoms with Crippen LogP contribution < -0.4 is 4.90 Å². The number of carbonyl (C=O) groups excluding carboxylic acids is 3. The summed E-state index contributed by atoms with van der Waals surface area (Å²) in [5, 5.41) is 0.566. The normalized spacial score (nSPS) is 12.9. The average molecular weight is 491 g/mol. The zero-order valence-corrected chi connectivity index (χ0v) is 20.4. The molecule has 0 unspecified atom stereocenters. The van der Waals surface area contributed by atoms with Gasteiger partial charge in [0.05, 0.1) is 21.3 Å². The molecular formula is C22H23ClN4O3S2. The highest BCUT2D eigenvalue weighted by atomic mass is 35.5. The van der Waals surface area contributed by atoms with Crippen LogP contribution in [0.15, 0.2) is 47.4 Å². The van der Waals surface area contributed by atoms with E-state index in [0.29, 0.717) is 29.3 Å². The van der Waals surface area contributed by atoms with Crippen LogP contribution in [0, 0.1) is 0 Å². The zero-order valence-electron chi connectivity index (χ0n) is 17.9. The molecule has 10 heteroatoms. The van der Waals surface area contributed by atoms with E-state index in [4.69, 9.17) is 0 Å². The van der Waals surface area contributed by atoms with E-state index in [9.17, 15) is 14.4 Å². The van der Waals surface area contributed by atoms with Crippen LogP contribution in [0.4, 0.5) is 5.13 Å². The minimum absolute atomic E-state index is 0. The largest absolute Gasteiger partial charge is 0.308 e. The number of aromatic nitrogens is 1. The summed E-state index contributed by atoms with van der Waals surface area (Å²) in [5.41, 5.74) is 1.50. The lowest BCUT2D eigenvalue weighted by Crippen LogP contribution is -2.45. The maximum Gasteiger partial charge on any atom is 0.262 e. The molecule has 2 aromatic carbocycles. The SMILES string of the molecule is CSc1ccc2nc(N(CCN(C)C)C(=O)CN3C(=O)c4ccccc4C3=O)sc2c1.Cl. The molecule has 1 aromatic heterocycles. The Balaban J connectivity index is 0.00000289. The first-order valence-corrected chi connectivity index (χ1v) is 11.8. The number of thiazole rings is 1. The van der Waals surface area contributed by atoms with Gasteiger partial charge in [-0.15, -0.1) is 24.2 Å². The van der Waals surface area contributed by atoms with Crippen molar-refractivity contribution in [2.24, 2.45) is 0 Å². The van der Waals surface area contributed by atoms with Crippen LogP contribution in [0.2, 0.25) is 0 Å². The van der Waals surface area contributed by atoms with Gasteiger partial charge in [0, 0.05) is 18.0 Å². The smallest absolute Gasteiger partial charge is 0.262 e. The maximum absolute atomic E-state index is 13.3. The van der Waals surface area contributed by atoms with Gasteiger partial charge in [0.1, 0.15) is 6.54 Å². The standard InChI is InChI=1S/C22H22N4O3S2.ClH/c1-24(2)10-11-25(22-23-17-9-8-14(30-3)12-18(17)31-22)19(27)13-26-20(28)15-6-4-5-7-16(15)21(26)29;/h4-9,12H,10-11,13H2,1-3H3;1H. The molecule has 0 radical (unpaired) electrons. The fourth-order valence-electron chi connectivity index (χ4n) is 3.37. The predicted octanol–water partition coefficient (Wildman–Crippen LogP) is 3.63. The maximum atomic E-state index is 13.3. The number of imide groups is 1.